The summed E-state index contributed by atoms with van der Waals surface area (Å²) in [6, 6.07) is 0. The highest BCUT2D eigenvalue weighted by Crippen LogP contribution is 2.87. The summed E-state index contributed by atoms with van der Waals surface area (Å²) >= 11 is 1.69. The molecule has 5 nitrogen and oxygen atoms in total. The first-order chi connectivity index (χ1) is 12.2. The van der Waals surface area contributed by atoms with E-state index in [1.54, 1.807) is 11.4 Å². The van der Waals surface area contributed by atoms with E-state index in [0.29, 0.717) is 5.57 Å². The first-order valence-corrected chi connectivity index (χ1v) is 11.8. The number of ether oxygens (including phenoxy) is 2. The molecule has 2 atom stereocenters. The Morgan fingerprint density at radius 1 is 1.12 bits per heavy atom. The molecule has 0 N–H and O–H groups in total. The minimum atomic E-state index is -0.998. The van der Waals surface area contributed by atoms with E-state index < -0.39 is 18.2 Å². The lowest BCUT2D eigenvalue weighted by Crippen LogP contribution is -2.53. The Bertz CT molecular complexity index is 676. The van der Waals surface area contributed by atoms with Gasteiger partial charge in [0.2, 0.25) is 0 Å². The van der Waals surface area contributed by atoms with Gasteiger partial charge >= 0.3 is 11.9 Å². The van der Waals surface area contributed by atoms with Gasteiger partial charge < -0.3 is 14.4 Å². The highest BCUT2D eigenvalue weighted by Gasteiger charge is 2.70. The van der Waals surface area contributed by atoms with Crippen molar-refractivity contribution < 1.29 is 19.1 Å². The van der Waals surface area contributed by atoms with Crippen LogP contribution in [-0.4, -0.2) is 49.3 Å². The number of fused-ring (bicyclic) bond motifs is 1. The Morgan fingerprint density at radius 3 is 2.08 bits per heavy atom. The van der Waals surface area contributed by atoms with Crippen molar-refractivity contribution in [2.45, 2.75) is 53.1 Å². The molecular weight excluding hydrogens is 369 g/mol. The average molecular weight is 399 g/mol. The third kappa shape index (κ3) is 2.80. The summed E-state index contributed by atoms with van der Waals surface area (Å²) in [6.07, 6.45) is 0.870. The molecule has 0 amide bonds. The second-order valence-electron chi connectivity index (χ2n) is 7.35. The van der Waals surface area contributed by atoms with E-state index in [0.717, 1.165) is 30.1 Å². The van der Waals surface area contributed by atoms with Gasteiger partial charge in [0.15, 0.2) is 5.16 Å². The SMILES string of the molecule is CCC1=C(N(CC)CC)C2(C(=O)OC)C(C(=O)OC)=C(C(C)(C)C)SP12. The van der Waals surface area contributed by atoms with Crippen LogP contribution in [-0.2, 0) is 19.1 Å². The van der Waals surface area contributed by atoms with E-state index in [2.05, 4.69) is 46.4 Å². The molecule has 2 heterocycles. The second-order valence-corrected chi connectivity index (χ2v) is 11.4. The highest BCUT2D eigenvalue weighted by atomic mass is 32.7. The standard InChI is InChI=1S/C19H30NO4PS/c1-9-12-14(20(10-2)11-3)19(17(22)24-8)13(16(21)23-7)15(18(4,5)6)26-25(12)19/h9-11H2,1-8H3. The largest absolute Gasteiger partial charge is 0.468 e. The summed E-state index contributed by atoms with van der Waals surface area (Å²) in [4.78, 5) is 29.2. The monoisotopic (exact) mass is 399 g/mol. The number of rotatable bonds is 6. The number of allylic oxidation sites excluding steroid dienone is 2. The molecule has 2 unspecified atom stereocenters. The van der Waals surface area contributed by atoms with Crippen molar-refractivity contribution >= 4 is 30.4 Å². The normalized spacial score (nSPS) is 25.0. The number of methoxy groups -OCH3 is 2. The van der Waals surface area contributed by atoms with Crippen LogP contribution < -0.4 is 0 Å². The fourth-order valence-electron chi connectivity index (χ4n) is 3.74. The molecule has 0 aromatic carbocycles. The van der Waals surface area contributed by atoms with Gasteiger partial charge in [-0.3, -0.25) is 4.79 Å². The van der Waals surface area contributed by atoms with Crippen LogP contribution >= 0.6 is 18.5 Å². The maximum atomic E-state index is 13.2. The van der Waals surface area contributed by atoms with E-state index in [-0.39, 0.29) is 11.4 Å². The van der Waals surface area contributed by atoms with Gasteiger partial charge in [-0.25, -0.2) is 4.79 Å². The van der Waals surface area contributed by atoms with E-state index in [1.807, 2.05) is 0 Å². The van der Waals surface area contributed by atoms with Crippen molar-refractivity contribution in [3.8, 4) is 0 Å². The second kappa shape index (κ2) is 7.55. The van der Waals surface area contributed by atoms with Crippen molar-refractivity contribution in [3.05, 3.63) is 21.5 Å². The van der Waals surface area contributed by atoms with Crippen LogP contribution in [0.2, 0.25) is 0 Å². The zero-order valence-electron chi connectivity index (χ0n) is 17.1. The summed E-state index contributed by atoms with van der Waals surface area (Å²) < 4.78 is 10.4. The molecule has 0 radical (unpaired) electrons. The molecule has 0 spiro atoms. The number of hydrogen-bond donors (Lipinski definition) is 0. The molecule has 2 aliphatic heterocycles. The van der Waals surface area contributed by atoms with Gasteiger partial charge in [0.05, 0.1) is 19.8 Å². The van der Waals surface area contributed by atoms with Crippen molar-refractivity contribution in [2.75, 3.05) is 27.3 Å². The van der Waals surface area contributed by atoms with Gasteiger partial charge in [0.25, 0.3) is 0 Å². The van der Waals surface area contributed by atoms with Crippen LogP contribution in [0.15, 0.2) is 21.5 Å². The molecule has 0 bridgehead atoms. The Labute approximate surface area is 162 Å². The molecule has 146 valence electrons. The van der Waals surface area contributed by atoms with Gasteiger partial charge in [-0.1, -0.05) is 39.1 Å². The van der Waals surface area contributed by atoms with Crippen LogP contribution in [0.1, 0.15) is 48.0 Å². The molecule has 0 fully saturated rings. The number of nitrogens with zero attached hydrogens (tertiary/aromatic N) is 1. The van der Waals surface area contributed by atoms with E-state index in [9.17, 15) is 9.59 Å². The predicted molar refractivity (Wildman–Crippen MR) is 108 cm³/mol. The molecular formula is C19H30NO4PS. The Hall–Kier alpha value is -1.000. The zero-order valence-corrected chi connectivity index (χ0v) is 18.8. The predicted octanol–water partition coefficient (Wildman–Crippen LogP) is 4.49. The fraction of sp³-hybridized carbons (Fsp3) is 0.684. The van der Waals surface area contributed by atoms with Crippen molar-refractivity contribution in [3.63, 3.8) is 0 Å². The molecule has 7 heteroatoms. The summed E-state index contributed by atoms with van der Waals surface area (Å²) in [5.41, 5.74) is 1.21. The van der Waals surface area contributed by atoms with Gasteiger partial charge in [-0.2, -0.15) is 0 Å². The van der Waals surface area contributed by atoms with E-state index in [1.165, 1.54) is 19.5 Å². The molecule has 0 saturated carbocycles. The number of carbonyl (C=O) groups excluding carboxylic acids is 2. The zero-order chi connectivity index (χ0) is 19.9. The third-order valence-electron chi connectivity index (χ3n) is 4.90. The minimum Gasteiger partial charge on any atom is -0.468 e. The average Bonchev–Trinajstić information content (AvgIpc) is 2.90. The van der Waals surface area contributed by atoms with Gasteiger partial charge in [-0.15, -0.1) is 0 Å². The van der Waals surface area contributed by atoms with Crippen LogP contribution in [0, 0.1) is 5.41 Å². The Morgan fingerprint density at radius 2 is 1.69 bits per heavy atom. The molecule has 0 aromatic heterocycles. The number of esters is 2. The first kappa shape index (κ1) is 21.3. The maximum Gasteiger partial charge on any atom is 0.336 e. The van der Waals surface area contributed by atoms with E-state index in [4.69, 9.17) is 9.47 Å². The van der Waals surface area contributed by atoms with E-state index >= 15 is 0 Å². The number of carbonyl (C=O) groups is 2. The van der Waals surface area contributed by atoms with Crippen LogP contribution in [0.4, 0.5) is 0 Å². The van der Waals surface area contributed by atoms with Gasteiger partial charge in [0.1, 0.15) is 0 Å². The Balaban J connectivity index is 2.84. The Kier molecular flexibility index (Phi) is 6.19. The molecule has 0 saturated heterocycles. The third-order valence-corrected chi connectivity index (χ3v) is 10.9. The molecule has 0 aromatic rings. The fourth-order valence-corrected chi connectivity index (χ4v) is 10.8. The molecule has 26 heavy (non-hydrogen) atoms. The molecule has 0 aliphatic carbocycles. The lowest BCUT2D eigenvalue weighted by atomic mass is 9.84. The highest BCUT2D eigenvalue weighted by molar-refractivity contribution is 8.60. The maximum absolute atomic E-state index is 13.2. The van der Waals surface area contributed by atoms with Crippen molar-refractivity contribution in [1.29, 1.82) is 0 Å². The first-order valence-electron chi connectivity index (χ1n) is 9.05. The minimum absolute atomic E-state index is 0.248. The lowest BCUT2D eigenvalue weighted by molar-refractivity contribution is -0.145. The van der Waals surface area contributed by atoms with Gasteiger partial charge in [-0.05, 0) is 31.0 Å². The van der Waals surface area contributed by atoms with Gasteiger partial charge in [0, 0.05) is 30.8 Å². The van der Waals surface area contributed by atoms with Crippen molar-refractivity contribution in [2.24, 2.45) is 5.41 Å². The van der Waals surface area contributed by atoms with Crippen molar-refractivity contribution in [1.82, 2.24) is 4.90 Å². The molecule has 2 rings (SSSR count). The molecule has 2 aliphatic rings. The smallest absolute Gasteiger partial charge is 0.336 e. The summed E-state index contributed by atoms with van der Waals surface area (Å²) in [5, 5.41) is 0.293. The number of hydrogen-bond acceptors (Lipinski definition) is 6. The van der Waals surface area contributed by atoms with Crippen LogP contribution in [0.25, 0.3) is 0 Å². The quantitative estimate of drug-likeness (QED) is 0.484. The summed E-state index contributed by atoms with van der Waals surface area (Å²) in [6.45, 7) is 14.1. The van der Waals surface area contributed by atoms with Crippen LogP contribution in [0.5, 0.6) is 0 Å². The van der Waals surface area contributed by atoms with Crippen LogP contribution in [0.3, 0.4) is 0 Å². The lowest BCUT2D eigenvalue weighted by Gasteiger charge is -2.50. The summed E-state index contributed by atoms with van der Waals surface area (Å²) in [7, 11) is 1.89. The summed E-state index contributed by atoms with van der Waals surface area (Å²) in [5.74, 6) is -0.757. The topological polar surface area (TPSA) is 55.8 Å².